The number of aromatic hydroxyl groups is 1. The quantitative estimate of drug-likeness (QED) is 0.725. The number of halogens is 1. The second-order valence-corrected chi connectivity index (χ2v) is 7.50. The number of benzene rings is 1. The van der Waals surface area contributed by atoms with Gasteiger partial charge in [0.1, 0.15) is 0 Å². The largest absolute Gasteiger partial charge is 0.493 e. The molecule has 2 aliphatic carbocycles. The molecule has 5 nitrogen and oxygen atoms in total. The third-order valence-corrected chi connectivity index (χ3v) is 6.08. The van der Waals surface area contributed by atoms with E-state index in [2.05, 4.69) is 31.1 Å². The third-order valence-electron chi connectivity index (χ3n) is 5.22. The molecule has 2 aromatic rings. The van der Waals surface area contributed by atoms with Crippen LogP contribution in [0.5, 0.6) is 5.88 Å². The number of nitrogens with one attached hydrogen (secondary N) is 1. The molecule has 0 radical (unpaired) electrons. The standard InChI is InChI=1S/C17H18BrN3O2/c1-8-6-11-13(7-12(8)18)19-17(23)15(11)20-21-16(22)14-9-4-2-3-5-10(9)14/h6-7,9-10,14,19,23H,2-5H2,1H3/t9-,10-/m0/s1. The number of hydrogen-bond donors (Lipinski definition) is 2. The Hall–Kier alpha value is -1.69. The van der Waals surface area contributed by atoms with Crippen LogP contribution in [0.15, 0.2) is 26.8 Å². The van der Waals surface area contributed by atoms with Gasteiger partial charge in [-0.15, -0.1) is 10.2 Å². The summed E-state index contributed by atoms with van der Waals surface area (Å²) in [5.41, 5.74) is 2.14. The monoisotopic (exact) mass is 375 g/mol. The van der Waals surface area contributed by atoms with Gasteiger partial charge >= 0.3 is 0 Å². The molecule has 2 fully saturated rings. The van der Waals surface area contributed by atoms with Crippen molar-refractivity contribution in [2.45, 2.75) is 32.6 Å². The molecule has 0 unspecified atom stereocenters. The number of amides is 1. The normalized spacial score (nSPS) is 26.6. The van der Waals surface area contributed by atoms with E-state index in [-0.39, 0.29) is 17.7 Å². The summed E-state index contributed by atoms with van der Waals surface area (Å²) in [6.07, 6.45) is 4.73. The Morgan fingerprint density at radius 2 is 2.00 bits per heavy atom. The smallest absolute Gasteiger partial charge is 0.268 e. The Bertz CT molecular complexity index is 815. The van der Waals surface area contributed by atoms with Crippen molar-refractivity contribution in [1.29, 1.82) is 0 Å². The molecule has 2 aliphatic rings. The predicted octanol–water partition coefficient (Wildman–Crippen LogP) is 4.99. The highest BCUT2D eigenvalue weighted by Crippen LogP contribution is 2.56. The molecule has 0 aliphatic heterocycles. The van der Waals surface area contributed by atoms with Gasteiger partial charge in [-0.3, -0.25) is 4.79 Å². The number of aromatic nitrogens is 1. The number of aryl methyl sites for hydroxylation is 1. The first-order valence-corrected chi connectivity index (χ1v) is 8.82. The Labute approximate surface area is 142 Å². The van der Waals surface area contributed by atoms with Gasteiger partial charge in [-0.25, -0.2) is 0 Å². The third kappa shape index (κ3) is 2.49. The molecule has 0 bridgehead atoms. The highest BCUT2D eigenvalue weighted by Gasteiger charge is 2.54. The summed E-state index contributed by atoms with van der Waals surface area (Å²) in [6, 6.07) is 3.81. The summed E-state index contributed by atoms with van der Waals surface area (Å²) in [7, 11) is 0. The van der Waals surface area contributed by atoms with Crippen molar-refractivity contribution in [3.8, 4) is 5.88 Å². The van der Waals surface area contributed by atoms with E-state index < -0.39 is 0 Å². The number of carbonyl (C=O) groups is 1. The predicted molar refractivity (Wildman–Crippen MR) is 90.9 cm³/mol. The first-order chi connectivity index (χ1) is 11.1. The molecule has 2 saturated carbocycles. The van der Waals surface area contributed by atoms with Crippen LogP contribution in [0.25, 0.3) is 10.9 Å². The van der Waals surface area contributed by atoms with Crippen molar-refractivity contribution < 1.29 is 9.90 Å². The maximum Gasteiger partial charge on any atom is 0.268 e. The maximum atomic E-state index is 12.3. The topological polar surface area (TPSA) is 77.8 Å². The lowest BCUT2D eigenvalue weighted by molar-refractivity contribution is -0.120. The molecular formula is C17H18BrN3O2. The van der Waals surface area contributed by atoms with Crippen LogP contribution in [0.2, 0.25) is 0 Å². The van der Waals surface area contributed by atoms with Crippen LogP contribution in [0.3, 0.4) is 0 Å². The minimum absolute atomic E-state index is 0.0535. The highest BCUT2D eigenvalue weighted by atomic mass is 79.9. The molecule has 1 amide bonds. The molecule has 23 heavy (non-hydrogen) atoms. The Kier molecular flexibility index (Phi) is 3.52. The second kappa shape index (κ2) is 5.44. The zero-order chi connectivity index (χ0) is 16.1. The van der Waals surface area contributed by atoms with E-state index in [1.165, 1.54) is 12.8 Å². The minimum atomic E-state index is -0.135. The fraction of sp³-hybridized carbons (Fsp3) is 0.471. The summed E-state index contributed by atoms with van der Waals surface area (Å²) in [5.74, 6) is 0.908. The molecule has 2 N–H and O–H groups in total. The Balaban J connectivity index is 1.61. The first-order valence-electron chi connectivity index (χ1n) is 8.02. The first kappa shape index (κ1) is 14.9. The van der Waals surface area contributed by atoms with Crippen LogP contribution >= 0.6 is 15.9 Å². The van der Waals surface area contributed by atoms with Crippen LogP contribution in [0.1, 0.15) is 31.2 Å². The molecule has 1 aromatic carbocycles. The molecule has 0 saturated heterocycles. The summed E-state index contributed by atoms with van der Waals surface area (Å²) in [4.78, 5) is 15.1. The zero-order valence-corrected chi connectivity index (χ0v) is 14.4. The van der Waals surface area contributed by atoms with Gasteiger partial charge in [0.2, 0.25) is 5.88 Å². The number of aromatic amines is 1. The van der Waals surface area contributed by atoms with Crippen molar-refractivity contribution in [2.24, 2.45) is 28.0 Å². The van der Waals surface area contributed by atoms with Gasteiger partial charge in [0.25, 0.3) is 5.91 Å². The average molecular weight is 376 g/mol. The fourth-order valence-corrected chi connectivity index (χ4v) is 4.26. The molecule has 1 aromatic heterocycles. The Morgan fingerprint density at radius 3 is 2.70 bits per heavy atom. The van der Waals surface area contributed by atoms with E-state index in [1.807, 2.05) is 19.1 Å². The molecule has 6 heteroatoms. The van der Waals surface area contributed by atoms with Crippen LogP contribution in [-0.2, 0) is 4.79 Å². The van der Waals surface area contributed by atoms with E-state index in [0.29, 0.717) is 17.5 Å². The molecule has 0 spiro atoms. The highest BCUT2D eigenvalue weighted by molar-refractivity contribution is 9.10. The van der Waals surface area contributed by atoms with Gasteiger partial charge in [-0.05, 0) is 49.3 Å². The number of H-pyrrole nitrogens is 1. The number of hydrogen-bond acceptors (Lipinski definition) is 3. The summed E-state index contributed by atoms with van der Waals surface area (Å²) < 4.78 is 0.952. The molecular weight excluding hydrogens is 358 g/mol. The van der Waals surface area contributed by atoms with Crippen molar-refractivity contribution in [2.75, 3.05) is 0 Å². The molecule has 4 rings (SSSR count). The molecule has 120 valence electrons. The van der Waals surface area contributed by atoms with Crippen molar-refractivity contribution in [3.63, 3.8) is 0 Å². The van der Waals surface area contributed by atoms with E-state index in [9.17, 15) is 9.90 Å². The maximum absolute atomic E-state index is 12.3. The zero-order valence-electron chi connectivity index (χ0n) is 12.8. The lowest BCUT2D eigenvalue weighted by atomic mass is 10.0. The Morgan fingerprint density at radius 1 is 1.30 bits per heavy atom. The minimum Gasteiger partial charge on any atom is -0.493 e. The van der Waals surface area contributed by atoms with Gasteiger partial charge in [0, 0.05) is 15.8 Å². The fourth-order valence-electron chi connectivity index (χ4n) is 3.92. The van der Waals surface area contributed by atoms with E-state index in [0.717, 1.165) is 33.8 Å². The number of nitrogens with zero attached hydrogens (tertiary/aromatic N) is 2. The average Bonchev–Trinajstić information content (AvgIpc) is 3.18. The molecule has 2 atom stereocenters. The van der Waals surface area contributed by atoms with E-state index >= 15 is 0 Å². The van der Waals surface area contributed by atoms with Gasteiger partial charge in [-0.2, -0.15) is 0 Å². The van der Waals surface area contributed by atoms with Gasteiger partial charge in [0.15, 0.2) is 5.69 Å². The van der Waals surface area contributed by atoms with E-state index in [4.69, 9.17) is 0 Å². The van der Waals surface area contributed by atoms with E-state index in [1.54, 1.807) is 0 Å². The van der Waals surface area contributed by atoms with Crippen molar-refractivity contribution in [1.82, 2.24) is 4.98 Å². The van der Waals surface area contributed by atoms with Crippen LogP contribution in [-0.4, -0.2) is 16.0 Å². The van der Waals surface area contributed by atoms with Crippen LogP contribution < -0.4 is 0 Å². The second-order valence-electron chi connectivity index (χ2n) is 6.65. The number of rotatable bonds is 2. The SMILES string of the molecule is Cc1cc2c(N=NC(=O)C3[C@H]4CCCC[C@H]34)c(O)[nH]c2cc1Br. The lowest BCUT2D eigenvalue weighted by Crippen LogP contribution is -1.97. The van der Waals surface area contributed by atoms with Gasteiger partial charge in [-0.1, -0.05) is 28.8 Å². The number of fused-ring (bicyclic) bond motifs is 2. The van der Waals surface area contributed by atoms with Crippen LogP contribution in [0, 0.1) is 24.7 Å². The lowest BCUT2D eigenvalue weighted by Gasteiger charge is -2.04. The van der Waals surface area contributed by atoms with Gasteiger partial charge in [0.05, 0.1) is 5.52 Å². The summed E-state index contributed by atoms with van der Waals surface area (Å²) in [6.45, 7) is 1.97. The number of carbonyl (C=O) groups excluding carboxylic acids is 1. The van der Waals surface area contributed by atoms with Crippen molar-refractivity contribution in [3.05, 3.63) is 22.2 Å². The van der Waals surface area contributed by atoms with Crippen molar-refractivity contribution >= 4 is 38.4 Å². The number of azo groups is 1. The summed E-state index contributed by atoms with van der Waals surface area (Å²) in [5, 5.41) is 18.8. The summed E-state index contributed by atoms with van der Waals surface area (Å²) >= 11 is 3.46. The van der Waals surface area contributed by atoms with Crippen LogP contribution in [0.4, 0.5) is 5.69 Å². The molecule has 1 heterocycles. The van der Waals surface area contributed by atoms with Gasteiger partial charge < -0.3 is 10.1 Å².